The fraction of sp³-hybridized carbons (Fsp3) is 0.0714. The maximum Gasteiger partial charge on any atom is 0.161 e. The summed E-state index contributed by atoms with van der Waals surface area (Å²) in [6, 6.07) is 6.93. The fourth-order valence-electron chi connectivity index (χ4n) is 1.56. The van der Waals surface area contributed by atoms with Crippen molar-refractivity contribution in [1.82, 2.24) is 0 Å². The van der Waals surface area contributed by atoms with Gasteiger partial charge in [0.05, 0.1) is 9.79 Å². The molecule has 0 aliphatic carbocycles. The van der Waals surface area contributed by atoms with Gasteiger partial charge in [0, 0.05) is 5.56 Å². The van der Waals surface area contributed by atoms with E-state index in [1.54, 1.807) is 0 Å². The Morgan fingerprint density at radius 2 is 1.79 bits per heavy atom. The van der Waals surface area contributed by atoms with E-state index in [-0.39, 0.29) is 21.1 Å². The van der Waals surface area contributed by atoms with Crippen molar-refractivity contribution in [3.63, 3.8) is 0 Å². The highest BCUT2D eigenvalue weighted by atomic mass is 32.2. The zero-order valence-electron chi connectivity index (χ0n) is 9.91. The van der Waals surface area contributed by atoms with Crippen LogP contribution in [0.15, 0.2) is 46.2 Å². The topological polar surface area (TPSA) is 17.1 Å². The van der Waals surface area contributed by atoms with E-state index in [0.29, 0.717) is 11.8 Å². The first-order chi connectivity index (χ1) is 8.99. The van der Waals surface area contributed by atoms with Crippen LogP contribution in [0.2, 0.25) is 0 Å². The summed E-state index contributed by atoms with van der Waals surface area (Å²) in [4.78, 5) is 11.3. The summed E-state index contributed by atoms with van der Waals surface area (Å²) >= 11 is 0.699. The number of carbonyl (C=O) groups excluding carboxylic acids is 1. The lowest BCUT2D eigenvalue weighted by molar-refractivity contribution is 0.101. The highest BCUT2D eigenvalue weighted by Crippen LogP contribution is 2.34. The Morgan fingerprint density at radius 1 is 1.05 bits per heavy atom. The van der Waals surface area contributed by atoms with Gasteiger partial charge in [-0.3, -0.25) is 4.79 Å². The molecule has 2 rings (SSSR count). The minimum Gasteiger partial charge on any atom is -0.294 e. The molecule has 19 heavy (non-hydrogen) atoms. The van der Waals surface area contributed by atoms with Crippen molar-refractivity contribution in [1.29, 1.82) is 0 Å². The molecule has 0 aliphatic heterocycles. The number of hydrogen-bond donors (Lipinski definition) is 0. The van der Waals surface area contributed by atoms with Crippen LogP contribution < -0.4 is 0 Å². The number of Topliss-reactive ketones (excluding diaryl/α,β-unsaturated/α-hetero) is 1. The van der Waals surface area contributed by atoms with Crippen LogP contribution in [0, 0.1) is 17.5 Å². The zero-order chi connectivity index (χ0) is 14.0. The van der Waals surface area contributed by atoms with Crippen molar-refractivity contribution in [2.75, 3.05) is 0 Å². The molecule has 0 N–H and O–H groups in total. The molecular formula is C14H9F3OS. The molecule has 98 valence electrons. The summed E-state index contributed by atoms with van der Waals surface area (Å²) < 4.78 is 40.3. The molecule has 0 saturated heterocycles. The summed E-state index contributed by atoms with van der Waals surface area (Å²) in [7, 11) is 0. The second-order valence-electron chi connectivity index (χ2n) is 3.85. The third-order valence-electron chi connectivity index (χ3n) is 2.45. The number of benzene rings is 2. The monoisotopic (exact) mass is 282 g/mol. The van der Waals surface area contributed by atoms with Crippen LogP contribution in [-0.2, 0) is 0 Å². The molecule has 5 heteroatoms. The summed E-state index contributed by atoms with van der Waals surface area (Å²) in [5.74, 6) is -2.26. The molecule has 2 aromatic carbocycles. The number of rotatable bonds is 3. The Labute approximate surface area is 112 Å². The van der Waals surface area contributed by atoms with E-state index in [1.165, 1.54) is 25.1 Å². The van der Waals surface area contributed by atoms with E-state index in [9.17, 15) is 18.0 Å². The van der Waals surface area contributed by atoms with Gasteiger partial charge in [0.2, 0.25) is 0 Å². The average Bonchev–Trinajstić information content (AvgIpc) is 2.35. The van der Waals surface area contributed by atoms with Crippen LogP contribution in [-0.4, -0.2) is 5.78 Å². The maximum atomic E-state index is 13.7. The molecule has 0 unspecified atom stereocenters. The van der Waals surface area contributed by atoms with E-state index in [1.807, 2.05) is 0 Å². The number of carbonyl (C=O) groups is 1. The maximum absolute atomic E-state index is 13.7. The molecule has 0 spiro atoms. The summed E-state index contributed by atoms with van der Waals surface area (Å²) in [6.45, 7) is 1.29. The zero-order valence-corrected chi connectivity index (χ0v) is 10.7. The third-order valence-corrected chi connectivity index (χ3v) is 3.60. The minimum atomic E-state index is -0.663. The van der Waals surface area contributed by atoms with Crippen LogP contribution in [0.25, 0.3) is 0 Å². The molecule has 0 heterocycles. The highest BCUT2D eigenvalue weighted by Gasteiger charge is 2.15. The van der Waals surface area contributed by atoms with Gasteiger partial charge in [0.25, 0.3) is 0 Å². The Morgan fingerprint density at radius 3 is 2.47 bits per heavy atom. The van der Waals surface area contributed by atoms with Crippen molar-refractivity contribution in [3.8, 4) is 0 Å². The van der Waals surface area contributed by atoms with Gasteiger partial charge >= 0.3 is 0 Å². The SMILES string of the molecule is CC(=O)c1cccc(F)c1Sc1cc(F)ccc1F. The van der Waals surface area contributed by atoms with Crippen molar-refractivity contribution in [2.24, 2.45) is 0 Å². The second kappa shape index (κ2) is 5.48. The standard InChI is InChI=1S/C14H9F3OS/c1-8(18)10-3-2-4-12(17)14(10)19-13-7-9(15)5-6-11(13)16/h2-7H,1H3. The number of halogens is 3. The first-order valence-corrected chi connectivity index (χ1v) is 6.23. The first kappa shape index (κ1) is 13.7. The quantitative estimate of drug-likeness (QED) is 0.773. The van der Waals surface area contributed by atoms with Crippen molar-refractivity contribution in [3.05, 3.63) is 59.4 Å². The first-order valence-electron chi connectivity index (χ1n) is 5.41. The van der Waals surface area contributed by atoms with Crippen LogP contribution in [0.5, 0.6) is 0 Å². The molecule has 0 saturated carbocycles. The lowest BCUT2D eigenvalue weighted by Gasteiger charge is -2.08. The largest absolute Gasteiger partial charge is 0.294 e. The Balaban J connectivity index is 2.49. The molecule has 0 fully saturated rings. The Kier molecular flexibility index (Phi) is 3.95. The molecule has 2 aromatic rings. The van der Waals surface area contributed by atoms with Crippen LogP contribution in [0.1, 0.15) is 17.3 Å². The molecule has 0 atom stereocenters. The van der Waals surface area contributed by atoms with Crippen molar-refractivity contribution >= 4 is 17.5 Å². The second-order valence-corrected chi connectivity index (χ2v) is 4.90. The predicted octanol–water partition coefficient (Wildman–Crippen LogP) is 4.46. The lowest BCUT2D eigenvalue weighted by Crippen LogP contribution is -1.98. The summed E-state index contributed by atoms with van der Waals surface area (Å²) in [5, 5.41) is 0. The smallest absolute Gasteiger partial charge is 0.161 e. The van der Waals surface area contributed by atoms with Gasteiger partial charge in [0.1, 0.15) is 17.5 Å². The highest BCUT2D eigenvalue weighted by molar-refractivity contribution is 7.99. The van der Waals surface area contributed by atoms with Gasteiger partial charge in [-0.1, -0.05) is 23.9 Å². The van der Waals surface area contributed by atoms with Crippen LogP contribution >= 0.6 is 11.8 Å². The van der Waals surface area contributed by atoms with E-state index < -0.39 is 17.5 Å². The molecule has 1 nitrogen and oxygen atoms in total. The fourth-order valence-corrected chi connectivity index (χ4v) is 2.60. The van der Waals surface area contributed by atoms with Gasteiger partial charge in [-0.25, -0.2) is 13.2 Å². The van der Waals surface area contributed by atoms with Gasteiger partial charge in [-0.15, -0.1) is 0 Å². The third kappa shape index (κ3) is 2.98. The number of ketones is 1. The molecule has 0 bridgehead atoms. The van der Waals surface area contributed by atoms with Gasteiger partial charge in [-0.05, 0) is 31.2 Å². The predicted molar refractivity (Wildman–Crippen MR) is 66.9 cm³/mol. The normalized spacial score (nSPS) is 10.5. The summed E-state index contributed by atoms with van der Waals surface area (Å²) in [6.07, 6.45) is 0. The summed E-state index contributed by atoms with van der Waals surface area (Å²) in [5.41, 5.74) is 0.147. The lowest BCUT2D eigenvalue weighted by atomic mass is 10.1. The van der Waals surface area contributed by atoms with E-state index in [0.717, 1.165) is 18.2 Å². The van der Waals surface area contributed by atoms with Gasteiger partial charge in [0.15, 0.2) is 5.78 Å². The Bertz CT molecular complexity index is 641. The average molecular weight is 282 g/mol. The molecule has 0 aromatic heterocycles. The van der Waals surface area contributed by atoms with Crippen LogP contribution in [0.3, 0.4) is 0 Å². The van der Waals surface area contributed by atoms with E-state index in [4.69, 9.17) is 0 Å². The van der Waals surface area contributed by atoms with Gasteiger partial charge in [-0.2, -0.15) is 0 Å². The molecular weight excluding hydrogens is 273 g/mol. The molecule has 0 radical (unpaired) electrons. The molecule has 0 amide bonds. The van der Waals surface area contributed by atoms with Crippen LogP contribution in [0.4, 0.5) is 13.2 Å². The van der Waals surface area contributed by atoms with E-state index >= 15 is 0 Å². The minimum absolute atomic E-state index is 0.000463. The van der Waals surface area contributed by atoms with Crippen molar-refractivity contribution < 1.29 is 18.0 Å². The van der Waals surface area contributed by atoms with E-state index in [2.05, 4.69) is 0 Å². The number of hydrogen-bond acceptors (Lipinski definition) is 2. The van der Waals surface area contributed by atoms with Gasteiger partial charge < -0.3 is 0 Å². The molecule has 0 aliphatic rings. The van der Waals surface area contributed by atoms with Crippen molar-refractivity contribution in [2.45, 2.75) is 16.7 Å². The Hall–Kier alpha value is -1.75.